The monoisotopic (exact) mass is 442 g/mol. The van der Waals surface area contributed by atoms with Crippen LogP contribution in [-0.4, -0.2) is 17.5 Å². The number of carbonyl (C=O) groups excluding carboxylic acids is 1. The van der Waals surface area contributed by atoms with Crippen molar-refractivity contribution in [3.05, 3.63) is 75.5 Å². The number of anilines is 1. The van der Waals surface area contributed by atoms with Gasteiger partial charge in [0.1, 0.15) is 11.3 Å². The minimum atomic E-state index is -0.971. The highest BCUT2D eigenvalue weighted by Gasteiger charge is 2.12. The average Bonchev–Trinajstić information content (AvgIpc) is 3.21. The maximum Gasteiger partial charge on any atom is 0.336 e. The van der Waals surface area contributed by atoms with Crippen molar-refractivity contribution in [2.24, 2.45) is 0 Å². The van der Waals surface area contributed by atoms with Crippen molar-refractivity contribution < 1.29 is 22.7 Å². The van der Waals surface area contributed by atoms with Gasteiger partial charge in [-0.15, -0.1) is 11.3 Å². The molecular weight excluding hydrogens is 426 g/mol. The van der Waals surface area contributed by atoms with E-state index in [4.69, 9.17) is 9.15 Å². The lowest BCUT2D eigenvalue weighted by atomic mass is 10.1. The van der Waals surface area contributed by atoms with Crippen molar-refractivity contribution in [3.63, 3.8) is 0 Å². The molecule has 2 aromatic heterocycles. The molecule has 0 radical (unpaired) electrons. The zero-order chi connectivity index (χ0) is 22.0. The smallest absolute Gasteiger partial charge is 0.336 e. The molecule has 0 saturated carbocycles. The number of thiazole rings is 1. The van der Waals surface area contributed by atoms with E-state index in [1.54, 1.807) is 23.6 Å². The molecular formula is C22H16F2N2O4S. The summed E-state index contributed by atoms with van der Waals surface area (Å²) in [4.78, 5) is 28.1. The van der Waals surface area contributed by atoms with Crippen LogP contribution in [0.2, 0.25) is 0 Å². The van der Waals surface area contributed by atoms with Crippen molar-refractivity contribution in [1.82, 2.24) is 4.98 Å². The Hall–Kier alpha value is -3.59. The highest BCUT2D eigenvalue weighted by molar-refractivity contribution is 7.14. The summed E-state index contributed by atoms with van der Waals surface area (Å²) in [6, 6.07) is 9.96. The zero-order valence-corrected chi connectivity index (χ0v) is 17.1. The third-order valence-electron chi connectivity index (χ3n) is 4.52. The van der Waals surface area contributed by atoms with Crippen molar-refractivity contribution in [2.45, 2.75) is 13.3 Å². The van der Waals surface area contributed by atoms with E-state index >= 15 is 0 Å². The van der Waals surface area contributed by atoms with E-state index in [0.717, 1.165) is 34.4 Å². The second-order valence-electron chi connectivity index (χ2n) is 6.61. The fourth-order valence-electron chi connectivity index (χ4n) is 3.02. The Balaban J connectivity index is 1.41. The first-order valence-corrected chi connectivity index (χ1v) is 10.2. The van der Waals surface area contributed by atoms with Gasteiger partial charge in [0, 0.05) is 28.5 Å². The number of benzene rings is 2. The molecule has 1 amide bonds. The van der Waals surface area contributed by atoms with Gasteiger partial charge in [0.25, 0.3) is 5.91 Å². The predicted octanol–water partition coefficient (Wildman–Crippen LogP) is 4.77. The van der Waals surface area contributed by atoms with Crippen LogP contribution in [0.1, 0.15) is 12.5 Å². The molecule has 9 heteroatoms. The molecule has 0 aliphatic carbocycles. The largest absolute Gasteiger partial charge is 0.484 e. The van der Waals surface area contributed by atoms with Crippen LogP contribution < -0.4 is 15.7 Å². The third kappa shape index (κ3) is 4.61. The highest BCUT2D eigenvalue weighted by Crippen LogP contribution is 2.26. The van der Waals surface area contributed by atoms with E-state index in [-0.39, 0.29) is 6.61 Å². The van der Waals surface area contributed by atoms with Crippen LogP contribution in [0.25, 0.3) is 22.2 Å². The van der Waals surface area contributed by atoms with Gasteiger partial charge in [-0.2, -0.15) is 0 Å². The number of halogens is 2. The van der Waals surface area contributed by atoms with Crippen LogP contribution in [0, 0.1) is 11.6 Å². The first-order valence-electron chi connectivity index (χ1n) is 9.33. The Morgan fingerprint density at radius 1 is 1.16 bits per heavy atom. The Morgan fingerprint density at radius 2 is 2.00 bits per heavy atom. The molecule has 2 heterocycles. The predicted molar refractivity (Wildman–Crippen MR) is 113 cm³/mol. The van der Waals surface area contributed by atoms with E-state index < -0.39 is 23.2 Å². The summed E-state index contributed by atoms with van der Waals surface area (Å²) in [6.45, 7) is 1.66. The highest BCUT2D eigenvalue weighted by atomic mass is 32.1. The number of hydrogen-bond donors (Lipinski definition) is 1. The molecule has 2 aromatic carbocycles. The molecule has 4 rings (SSSR count). The van der Waals surface area contributed by atoms with Crippen molar-refractivity contribution in [3.8, 4) is 17.0 Å². The number of rotatable bonds is 6. The second-order valence-corrected chi connectivity index (χ2v) is 7.46. The lowest BCUT2D eigenvalue weighted by Crippen LogP contribution is -2.20. The number of aryl methyl sites for hydroxylation is 1. The van der Waals surface area contributed by atoms with Crippen molar-refractivity contribution in [1.29, 1.82) is 0 Å². The van der Waals surface area contributed by atoms with E-state index in [2.05, 4.69) is 10.3 Å². The summed E-state index contributed by atoms with van der Waals surface area (Å²) in [5.41, 5.74) is 1.63. The van der Waals surface area contributed by atoms with Gasteiger partial charge >= 0.3 is 5.63 Å². The standard InChI is InChI=1S/C22H16F2N2O4S/c1-2-12-8-21(28)30-19-9-14(4-5-15(12)19)29-10-20(27)26-22-25-18(11-31-22)13-3-6-16(23)17(24)7-13/h3-9,11H,2,10H2,1H3,(H,25,26,27). The van der Waals surface area contributed by atoms with Crippen LogP contribution in [0.3, 0.4) is 0 Å². The van der Waals surface area contributed by atoms with Crippen molar-refractivity contribution in [2.75, 3.05) is 11.9 Å². The van der Waals surface area contributed by atoms with Gasteiger partial charge in [0.05, 0.1) is 5.69 Å². The second kappa shape index (κ2) is 8.65. The molecule has 0 spiro atoms. The number of amides is 1. The van der Waals surface area contributed by atoms with E-state index in [1.807, 2.05) is 6.92 Å². The van der Waals surface area contributed by atoms with Gasteiger partial charge in [-0.25, -0.2) is 18.6 Å². The van der Waals surface area contributed by atoms with Crippen LogP contribution in [0.5, 0.6) is 5.75 Å². The summed E-state index contributed by atoms with van der Waals surface area (Å²) < 4.78 is 37.2. The molecule has 0 unspecified atom stereocenters. The zero-order valence-electron chi connectivity index (χ0n) is 16.3. The molecule has 0 atom stereocenters. The van der Waals surface area contributed by atoms with Gasteiger partial charge in [0.15, 0.2) is 23.4 Å². The maximum atomic E-state index is 13.4. The summed E-state index contributed by atoms with van der Waals surface area (Å²) in [5, 5.41) is 5.33. The SMILES string of the molecule is CCc1cc(=O)oc2cc(OCC(=O)Nc3nc(-c4ccc(F)c(F)c4)cs3)ccc12. The van der Waals surface area contributed by atoms with E-state index in [1.165, 1.54) is 12.1 Å². The van der Waals surface area contributed by atoms with E-state index in [9.17, 15) is 18.4 Å². The molecule has 0 aliphatic heterocycles. The number of ether oxygens (including phenoxy) is 1. The molecule has 0 saturated heterocycles. The van der Waals surface area contributed by atoms with Gasteiger partial charge in [-0.05, 0) is 42.3 Å². The van der Waals surface area contributed by atoms with Gasteiger partial charge < -0.3 is 9.15 Å². The fraction of sp³-hybridized carbons (Fsp3) is 0.136. The number of aromatic nitrogens is 1. The van der Waals surface area contributed by atoms with Crippen molar-refractivity contribution >= 4 is 33.3 Å². The summed E-state index contributed by atoms with van der Waals surface area (Å²) in [7, 11) is 0. The maximum absolute atomic E-state index is 13.4. The first kappa shape index (κ1) is 20.7. The molecule has 1 N–H and O–H groups in total. The average molecular weight is 442 g/mol. The van der Waals surface area contributed by atoms with Crippen LogP contribution in [0.15, 0.2) is 57.1 Å². The number of nitrogens with zero attached hydrogens (tertiary/aromatic N) is 1. The number of nitrogens with one attached hydrogen (secondary N) is 1. The fourth-order valence-corrected chi connectivity index (χ4v) is 3.75. The summed E-state index contributed by atoms with van der Waals surface area (Å²) in [5.74, 6) is -1.99. The van der Waals surface area contributed by atoms with Crippen LogP contribution >= 0.6 is 11.3 Å². The molecule has 158 valence electrons. The number of fused-ring (bicyclic) bond motifs is 1. The summed E-state index contributed by atoms with van der Waals surface area (Å²) in [6.07, 6.45) is 0.686. The van der Waals surface area contributed by atoms with Gasteiger partial charge in [-0.3, -0.25) is 10.1 Å². The summed E-state index contributed by atoms with van der Waals surface area (Å²) >= 11 is 1.15. The molecule has 4 aromatic rings. The molecule has 31 heavy (non-hydrogen) atoms. The topological polar surface area (TPSA) is 81.4 Å². The molecule has 0 bridgehead atoms. The quantitative estimate of drug-likeness (QED) is 0.435. The molecule has 0 fully saturated rings. The van der Waals surface area contributed by atoms with Gasteiger partial charge in [0.2, 0.25) is 0 Å². The lowest BCUT2D eigenvalue weighted by molar-refractivity contribution is -0.118. The Kier molecular flexibility index (Phi) is 5.77. The van der Waals surface area contributed by atoms with E-state index in [0.29, 0.717) is 34.1 Å². The normalized spacial score (nSPS) is 10.9. The van der Waals surface area contributed by atoms with Crippen LogP contribution in [-0.2, 0) is 11.2 Å². The first-order chi connectivity index (χ1) is 14.9. The number of carbonyl (C=O) groups is 1. The van der Waals surface area contributed by atoms with Gasteiger partial charge in [-0.1, -0.05) is 6.92 Å². The minimum absolute atomic E-state index is 0.288. The Morgan fingerprint density at radius 3 is 2.77 bits per heavy atom. The third-order valence-corrected chi connectivity index (χ3v) is 5.28. The molecule has 0 aliphatic rings. The lowest BCUT2D eigenvalue weighted by Gasteiger charge is -2.08. The van der Waals surface area contributed by atoms with Crippen LogP contribution in [0.4, 0.5) is 13.9 Å². The minimum Gasteiger partial charge on any atom is -0.484 e. The number of hydrogen-bond acceptors (Lipinski definition) is 6. The Labute approximate surface area is 179 Å². The molecule has 6 nitrogen and oxygen atoms in total. The Bertz CT molecular complexity index is 1330.